The Hall–Kier alpha value is -1.84. The third-order valence-corrected chi connectivity index (χ3v) is 4.06. The molecule has 1 fully saturated rings. The van der Waals surface area contributed by atoms with Crippen molar-refractivity contribution in [1.82, 2.24) is 0 Å². The topological polar surface area (TPSA) is 66.4 Å². The van der Waals surface area contributed by atoms with Crippen molar-refractivity contribution in [1.29, 1.82) is 0 Å². The molecule has 2 unspecified atom stereocenters. The van der Waals surface area contributed by atoms with Crippen LogP contribution in [-0.2, 0) is 9.59 Å². The molecule has 0 aliphatic heterocycles. The SMILES string of the molecule is CC(CC(=O)O)c1ccc(NC(=O)C2CC2(C)C)cc1. The lowest BCUT2D eigenvalue weighted by Crippen LogP contribution is -2.16. The predicted octanol–water partition coefficient (Wildman–Crippen LogP) is 3.25. The van der Waals surface area contributed by atoms with Crippen molar-refractivity contribution in [3.05, 3.63) is 29.8 Å². The van der Waals surface area contributed by atoms with Crippen molar-refractivity contribution in [3.63, 3.8) is 0 Å². The van der Waals surface area contributed by atoms with Crippen molar-refractivity contribution < 1.29 is 14.7 Å². The van der Waals surface area contributed by atoms with E-state index in [1.807, 2.05) is 31.2 Å². The maximum atomic E-state index is 12.0. The molecule has 0 radical (unpaired) electrons. The largest absolute Gasteiger partial charge is 0.481 e. The standard InChI is InChI=1S/C16H21NO3/c1-10(8-14(18)19)11-4-6-12(7-5-11)17-15(20)13-9-16(13,2)3/h4-7,10,13H,8-9H2,1-3H3,(H,17,20)(H,18,19). The first-order chi connectivity index (χ1) is 9.29. The molecule has 2 atom stereocenters. The highest BCUT2D eigenvalue weighted by Crippen LogP contribution is 2.51. The van der Waals surface area contributed by atoms with Gasteiger partial charge in [-0.2, -0.15) is 0 Å². The number of carbonyl (C=O) groups excluding carboxylic acids is 1. The Labute approximate surface area is 119 Å². The van der Waals surface area contributed by atoms with E-state index in [1.165, 1.54) is 0 Å². The van der Waals surface area contributed by atoms with Crippen LogP contribution >= 0.6 is 0 Å². The highest BCUT2D eigenvalue weighted by molar-refractivity contribution is 5.94. The third-order valence-electron chi connectivity index (χ3n) is 4.06. The number of carbonyl (C=O) groups is 2. The number of aliphatic carboxylic acids is 1. The van der Waals surface area contributed by atoms with E-state index in [2.05, 4.69) is 19.2 Å². The zero-order valence-electron chi connectivity index (χ0n) is 12.1. The van der Waals surface area contributed by atoms with E-state index in [1.54, 1.807) is 0 Å². The number of carboxylic acid groups (broad SMARTS) is 1. The summed E-state index contributed by atoms with van der Waals surface area (Å²) in [5.74, 6) is -0.653. The molecular weight excluding hydrogens is 254 g/mol. The lowest BCUT2D eigenvalue weighted by Gasteiger charge is -2.11. The molecule has 0 heterocycles. The molecule has 20 heavy (non-hydrogen) atoms. The van der Waals surface area contributed by atoms with E-state index in [-0.39, 0.29) is 29.6 Å². The molecule has 1 aromatic carbocycles. The molecule has 1 aliphatic rings. The van der Waals surface area contributed by atoms with Crippen molar-refractivity contribution in [3.8, 4) is 0 Å². The van der Waals surface area contributed by atoms with Crippen LogP contribution in [0.25, 0.3) is 0 Å². The van der Waals surface area contributed by atoms with Crippen LogP contribution in [0.4, 0.5) is 5.69 Å². The fourth-order valence-corrected chi connectivity index (χ4v) is 2.42. The second-order valence-electron chi connectivity index (χ2n) is 6.36. The van der Waals surface area contributed by atoms with Gasteiger partial charge in [-0.25, -0.2) is 0 Å². The molecule has 4 nitrogen and oxygen atoms in total. The van der Waals surface area contributed by atoms with E-state index in [9.17, 15) is 9.59 Å². The number of nitrogens with one attached hydrogen (secondary N) is 1. The Morgan fingerprint density at radius 3 is 2.35 bits per heavy atom. The fraction of sp³-hybridized carbons (Fsp3) is 0.500. The van der Waals surface area contributed by atoms with Gasteiger partial charge in [-0.3, -0.25) is 9.59 Å². The first-order valence-electron chi connectivity index (χ1n) is 6.92. The first-order valence-corrected chi connectivity index (χ1v) is 6.92. The highest BCUT2D eigenvalue weighted by atomic mass is 16.4. The molecule has 0 saturated heterocycles. The minimum absolute atomic E-state index is 0.0281. The Morgan fingerprint density at radius 1 is 1.35 bits per heavy atom. The number of carboxylic acids is 1. The molecule has 1 amide bonds. The smallest absolute Gasteiger partial charge is 0.303 e. The molecule has 1 aromatic rings. The van der Waals surface area contributed by atoms with Crippen molar-refractivity contribution in [2.24, 2.45) is 11.3 Å². The molecule has 2 N–H and O–H groups in total. The average molecular weight is 275 g/mol. The summed E-state index contributed by atoms with van der Waals surface area (Å²) in [6.07, 6.45) is 1.05. The second-order valence-corrected chi connectivity index (χ2v) is 6.36. The van der Waals surface area contributed by atoms with Gasteiger partial charge in [-0.15, -0.1) is 0 Å². The first kappa shape index (κ1) is 14.6. The van der Waals surface area contributed by atoms with E-state index in [0.717, 1.165) is 17.7 Å². The second kappa shape index (κ2) is 5.27. The van der Waals surface area contributed by atoms with Crippen LogP contribution in [0.1, 0.15) is 45.1 Å². The van der Waals surface area contributed by atoms with E-state index >= 15 is 0 Å². The number of hydrogen-bond acceptors (Lipinski definition) is 2. The summed E-state index contributed by atoms with van der Waals surface area (Å²) in [6, 6.07) is 7.42. The fourth-order valence-electron chi connectivity index (χ4n) is 2.42. The van der Waals surface area contributed by atoms with Crippen molar-refractivity contribution in [2.75, 3.05) is 5.32 Å². The van der Waals surface area contributed by atoms with Crippen molar-refractivity contribution in [2.45, 2.75) is 39.5 Å². The number of amides is 1. The Bertz CT molecular complexity index is 519. The lowest BCUT2D eigenvalue weighted by atomic mass is 9.98. The number of rotatable bonds is 5. The quantitative estimate of drug-likeness (QED) is 0.866. The Kier molecular flexibility index (Phi) is 3.84. The van der Waals surface area contributed by atoms with Crippen molar-refractivity contribution >= 4 is 17.6 Å². The van der Waals surface area contributed by atoms with Gasteiger partial charge in [0.15, 0.2) is 0 Å². The molecular formula is C16H21NO3. The van der Waals surface area contributed by atoms with Gasteiger partial charge in [-0.05, 0) is 35.4 Å². The minimum atomic E-state index is -0.800. The van der Waals surface area contributed by atoms with Gasteiger partial charge in [-0.1, -0.05) is 32.9 Å². The number of benzene rings is 1. The van der Waals surface area contributed by atoms with Gasteiger partial charge in [0, 0.05) is 11.6 Å². The molecule has 0 aromatic heterocycles. The van der Waals surface area contributed by atoms with Crippen LogP contribution in [0.2, 0.25) is 0 Å². The maximum absolute atomic E-state index is 12.0. The normalized spacial score (nSPS) is 21.1. The van der Waals surface area contributed by atoms with Gasteiger partial charge in [0.05, 0.1) is 6.42 Å². The number of anilines is 1. The Balaban J connectivity index is 1.95. The van der Waals surface area contributed by atoms with Crippen LogP contribution in [0.15, 0.2) is 24.3 Å². The summed E-state index contributed by atoms with van der Waals surface area (Å²) in [4.78, 5) is 22.6. The summed E-state index contributed by atoms with van der Waals surface area (Å²) in [6.45, 7) is 6.07. The molecule has 1 saturated carbocycles. The molecule has 2 rings (SSSR count). The maximum Gasteiger partial charge on any atom is 0.303 e. The molecule has 1 aliphatic carbocycles. The van der Waals surface area contributed by atoms with Crippen LogP contribution in [-0.4, -0.2) is 17.0 Å². The average Bonchev–Trinajstić information content (AvgIpc) is 2.98. The van der Waals surface area contributed by atoms with Gasteiger partial charge in [0.25, 0.3) is 0 Å². The van der Waals surface area contributed by atoms with Gasteiger partial charge >= 0.3 is 5.97 Å². The summed E-state index contributed by atoms with van der Waals surface area (Å²) in [5.41, 5.74) is 1.86. The molecule has 108 valence electrons. The monoisotopic (exact) mass is 275 g/mol. The van der Waals surface area contributed by atoms with Crippen LogP contribution in [0, 0.1) is 11.3 Å². The van der Waals surface area contributed by atoms with E-state index < -0.39 is 5.97 Å². The number of hydrogen-bond donors (Lipinski definition) is 2. The summed E-state index contributed by atoms with van der Waals surface area (Å²) < 4.78 is 0. The molecule has 4 heteroatoms. The molecule has 0 bridgehead atoms. The summed E-state index contributed by atoms with van der Waals surface area (Å²) >= 11 is 0. The Morgan fingerprint density at radius 2 is 1.90 bits per heavy atom. The summed E-state index contributed by atoms with van der Waals surface area (Å²) in [5, 5.41) is 11.7. The van der Waals surface area contributed by atoms with Crippen LogP contribution < -0.4 is 5.32 Å². The van der Waals surface area contributed by atoms with Gasteiger partial charge in [0.1, 0.15) is 0 Å². The minimum Gasteiger partial charge on any atom is -0.481 e. The van der Waals surface area contributed by atoms with Crippen LogP contribution in [0.5, 0.6) is 0 Å². The van der Waals surface area contributed by atoms with Gasteiger partial charge < -0.3 is 10.4 Å². The van der Waals surface area contributed by atoms with E-state index in [0.29, 0.717) is 0 Å². The summed E-state index contributed by atoms with van der Waals surface area (Å²) in [7, 11) is 0. The zero-order chi connectivity index (χ0) is 14.9. The van der Waals surface area contributed by atoms with Gasteiger partial charge in [0.2, 0.25) is 5.91 Å². The molecule has 0 spiro atoms. The van der Waals surface area contributed by atoms with E-state index in [4.69, 9.17) is 5.11 Å². The van der Waals surface area contributed by atoms with Crippen LogP contribution in [0.3, 0.4) is 0 Å². The predicted molar refractivity (Wildman–Crippen MR) is 77.6 cm³/mol. The zero-order valence-corrected chi connectivity index (χ0v) is 12.1. The highest BCUT2D eigenvalue weighted by Gasteiger charge is 2.50. The lowest BCUT2D eigenvalue weighted by molar-refractivity contribution is -0.137. The third kappa shape index (κ3) is 3.38.